The first-order chi connectivity index (χ1) is 11.3. The Morgan fingerprint density at radius 2 is 1.83 bits per heavy atom. The Morgan fingerprint density at radius 1 is 1.04 bits per heavy atom. The number of hydrogen-bond donors (Lipinski definition) is 0. The molecule has 2 aromatic carbocycles. The van der Waals surface area contributed by atoms with Gasteiger partial charge in [-0.3, -0.25) is 4.90 Å². The third kappa shape index (κ3) is 3.85. The summed E-state index contributed by atoms with van der Waals surface area (Å²) in [5.74, 6) is 0.981. The van der Waals surface area contributed by atoms with Gasteiger partial charge in [-0.05, 0) is 32.1 Å². The lowest BCUT2D eigenvalue weighted by Crippen LogP contribution is -2.40. The molecule has 0 saturated carbocycles. The van der Waals surface area contributed by atoms with Gasteiger partial charge in [0.2, 0.25) is 0 Å². The first-order valence-electron chi connectivity index (χ1n) is 8.78. The van der Waals surface area contributed by atoms with Crippen molar-refractivity contribution in [2.45, 2.75) is 45.9 Å². The lowest BCUT2D eigenvalue weighted by Gasteiger charge is -2.33. The summed E-state index contributed by atoms with van der Waals surface area (Å²) >= 11 is 0. The molecular weight excluding hydrogens is 286 g/mol. The largest absolute Gasteiger partial charge is 0.474 e. The number of benzene rings is 2. The maximum Gasteiger partial charge on any atom is 0.149 e. The molecule has 0 aliphatic carbocycles. The SMILES string of the molecule is CCOCc1ccc2ccccc2c1OC(C)N1CCCCC1. The van der Waals surface area contributed by atoms with Crippen molar-refractivity contribution in [3.63, 3.8) is 0 Å². The number of nitrogens with zero attached hydrogens (tertiary/aromatic N) is 1. The van der Waals surface area contributed by atoms with E-state index in [1.807, 2.05) is 6.92 Å². The summed E-state index contributed by atoms with van der Waals surface area (Å²) in [6, 6.07) is 12.7. The van der Waals surface area contributed by atoms with E-state index in [-0.39, 0.29) is 6.23 Å². The van der Waals surface area contributed by atoms with Crippen LogP contribution in [0.5, 0.6) is 5.75 Å². The van der Waals surface area contributed by atoms with Crippen LogP contribution < -0.4 is 4.74 Å². The van der Waals surface area contributed by atoms with Gasteiger partial charge >= 0.3 is 0 Å². The molecule has 0 amide bonds. The number of piperidine rings is 1. The van der Waals surface area contributed by atoms with E-state index >= 15 is 0 Å². The van der Waals surface area contributed by atoms with Crippen molar-refractivity contribution in [2.24, 2.45) is 0 Å². The average molecular weight is 313 g/mol. The molecule has 1 aliphatic rings. The summed E-state index contributed by atoms with van der Waals surface area (Å²) in [6.45, 7) is 7.77. The predicted octanol–water partition coefficient (Wildman–Crippen LogP) is 4.59. The second-order valence-electron chi connectivity index (χ2n) is 6.23. The lowest BCUT2D eigenvalue weighted by atomic mass is 10.1. The van der Waals surface area contributed by atoms with Gasteiger partial charge < -0.3 is 9.47 Å². The third-order valence-corrected chi connectivity index (χ3v) is 4.62. The van der Waals surface area contributed by atoms with Gasteiger partial charge in [0.05, 0.1) is 6.61 Å². The molecule has 3 rings (SSSR count). The Hall–Kier alpha value is -1.58. The highest BCUT2D eigenvalue weighted by Gasteiger charge is 2.20. The topological polar surface area (TPSA) is 21.7 Å². The van der Waals surface area contributed by atoms with E-state index in [1.165, 1.54) is 30.0 Å². The van der Waals surface area contributed by atoms with Crippen molar-refractivity contribution in [3.05, 3.63) is 42.0 Å². The van der Waals surface area contributed by atoms with Crippen molar-refractivity contribution >= 4 is 10.8 Å². The number of fused-ring (bicyclic) bond motifs is 1. The minimum atomic E-state index is 0.0986. The Labute approximate surface area is 139 Å². The van der Waals surface area contributed by atoms with Crippen LogP contribution in [0, 0.1) is 0 Å². The van der Waals surface area contributed by atoms with Crippen molar-refractivity contribution in [2.75, 3.05) is 19.7 Å². The molecule has 1 saturated heterocycles. The molecule has 1 atom stereocenters. The van der Waals surface area contributed by atoms with Crippen LogP contribution in [0.25, 0.3) is 10.8 Å². The van der Waals surface area contributed by atoms with Gasteiger partial charge in [0, 0.05) is 30.6 Å². The maximum absolute atomic E-state index is 6.44. The molecule has 0 N–H and O–H groups in total. The van der Waals surface area contributed by atoms with Crippen LogP contribution in [0.15, 0.2) is 36.4 Å². The van der Waals surface area contributed by atoms with Gasteiger partial charge in [-0.15, -0.1) is 0 Å². The Kier molecular flexibility index (Phi) is 5.52. The fourth-order valence-corrected chi connectivity index (χ4v) is 3.28. The fraction of sp³-hybridized carbons (Fsp3) is 0.500. The zero-order valence-electron chi connectivity index (χ0n) is 14.3. The van der Waals surface area contributed by atoms with Crippen LogP contribution in [0.2, 0.25) is 0 Å². The van der Waals surface area contributed by atoms with E-state index in [2.05, 4.69) is 48.2 Å². The minimum Gasteiger partial charge on any atom is -0.474 e. The molecule has 124 valence electrons. The third-order valence-electron chi connectivity index (χ3n) is 4.62. The van der Waals surface area contributed by atoms with Gasteiger partial charge in [-0.25, -0.2) is 0 Å². The monoisotopic (exact) mass is 313 g/mol. The van der Waals surface area contributed by atoms with Crippen molar-refractivity contribution in [1.82, 2.24) is 4.90 Å². The molecule has 23 heavy (non-hydrogen) atoms. The first kappa shape index (κ1) is 16.3. The summed E-state index contributed by atoms with van der Waals surface area (Å²) < 4.78 is 12.1. The molecule has 1 heterocycles. The van der Waals surface area contributed by atoms with Gasteiger partial charge in [0.15, 0.2) is 0 Å². The quantitative estimate of drug-likeness (QED) is 0.778. The summed E-state index contributed by atoms with van der Waals surface area (Å²) in [5, 5.41) is 2.39. The van der Waals surface area contributed by atoms with Gasteiger partial charge in [-0.2, -0.15) is 0 Å². The van der Waals surface area contributed by atoms with Crippen LogP contribution in [0.4, 0.5) is 0 Å². The highest BCUT2D eigenvalue weighted by Crippen LogP contribution is 2.32. The zero-order valence-corrected chi connectivity index (χ0v) is 14.3. The van der Waals surface area contributed by atoms with E-state index in [0.29, 0.717) is 13.2 Å². The predicted molar refractivity (Wildman–Crippen MR) is 94.8 cm³/mol. The highest BCUT2D eigenvalue weighted by molar-refractivity contribution is 5.89. The Bertz CT molecular complexity index is 635. The molecule has 1 aliphatic heterocycles. The molecule has 1 fully saturated rings. The normalized spacial score (nSPS) is 17.3. The Morgan fingerprint density at radius 3 is 2.61 bits per heavy atom. The second-order valence-corrected chi connectivity index (χ2v) is 6.23. The van der Waals surface area contributed by atoms with E-state index in [4.69, 9.17) is 9.47 Å². The summed E-state index contributed by atoms with van der Waals surface area (Å²) in [5.41, 5.74) is 1.13. The van der Waals surface area contributed by atoms with Gasteiger partial charge in [-0.1, -0.05) is 42.8 Å². The standard InChI is InChI=1S/C20H27NO2/c1-3-22-15-18-12-11-17-9-5-6-10-19(17)20(18)23-16(2)21-13-7-4-8-14-21/h5-6,9-12,16H,3-4,7-8,13-15H2,1-2H3. The fourth-order valence-electron chi connectivity index (χ4n) is 3.28. The molecule has 0 radical (unpaired) electrons. The van der Waals surface area contributed by atoms with E-state index in [9.17, 15) is 0 Å². The Balaban J connectivity index is 1.89. The first-order valence-corrected chi connectivity index (χ1v) is 8.78. The van der Waals surface area contributed by atoms with E-state index in [1.54, 1.807) is 0 Å². The van der Waals surface area contributed by atoms with E-state index < -0.39 is 0 Å². The smallest absolute Gasteiger partial charge is 0.149 e. The zero-order chi connectivity index (χ0) is 16.1. The summed E-state index contributed by atoms with van der Waals surface area (Å²) in [6.07, 6.45) is 3.98. The molecule has 0 bridgehead atoms. The van der Waals surface area contributed by atoms with Crippen molar-refractivity contribution in [1.29, 1.82) is 0 Å². The van der Waals surface area contributed by atoms with Crippen LogP contribution >= 0.6 is 0 Å². The molecule has 0 spiro atoms. The molecule has 0 aromatic heterocycles. The van der Waals surface area contributed by atoms with Gasteiger partial charge in [0.25, 0.3) is 0 Å². The second kappa shape index (κ2) is 7.80. The van der Waals surface area contributed by atoms with Crippen LogP contribution in [0.3, 0.4) is 0 Å². The molecular formula is C20H27NO2. The summed E-state index contributed by atoms with van der Waals surface area (Å²) in [7, 11) is 0. The van der Waals surface area contributed by atoms with Gasteiger partial charge in [0.1, 0.15) is 12.0 Å². The number of ether oxygens (including phenoxy) is 2. The molecule has 1 unspecified atom stereocenters. The number of hydrogen-bond acceptors (Lipinski definition) is 3. The molecule has 3 nitrogen and oxygen atoms in total. The number of rotatable bonds is 6. The molecule has 3 heteroatoms. The van der Waals surface area contributed by atoms with Crippen LogP contribution in [-0.4, -0.2) is 30.8 Å². The average Bonchev–Trinajstić information content (AvgIpc) is 2.61. The van der Waals surface area contributed by atoms with E-state index in [0.717, 1.165) is 24.4 Å². The van der Waals surface area contributed by atoms with Crippen molar-refractivity contribution < 1.29 is 9.47 Å². The summed E-state index contributed by atoms with van der Waals surface area (Å²) in [4.78, 5) is 2.44. The lowest BCUT2D eigenvalue weighted by molar-refractivity contribution is 0.0249. The highest BCUT2D eigenvalue weighted by atomic mass is 16.5. The minimum absolute atomic E-state index is 0.0986. The molecule has 2 aromatic rings. The van der Waals surface area contributed by atoms with Crippen LogP contribution in [-0.2, 0) is 11.3 Å². The maximum atomic E-state index is 6.44. The number of likely N-dealkylation sites (tertiary alicyclic amines) is 1. The van der Waals surface area contributed by atoms with Crippen molar-refractivity contribution in [3.8, 4) is 5.75 Å². The van der Waals surface area contributed by atoms with Crippen LogP contribution in [0.1, 0.15) is 38.7 Å².